The maximum atomic E-state index is 12.2. The van der Waals surface area contributed by atoms with Crippen LogP contribution in [-0.4, -0.2) is 28.9 Å². The molecule has 1 aromatic carbocycles. The number of nitrogens with zero attached hydrogens (tertiary/aromatic N) is 2. The number of likely N-dealkylation sites (tertiary alicyclic amines) is 1. The fourth-order valence-electron chi connectivity index (χ4n) is 2.52. The maximum Gasteiger partial charge on any atom is 0.255 e. The Balaban J connectivity index is 1.60. The van der Waals surface area contributed by atoms with Gasteiger partial charge < -0.3 is 10.2 Å². The lowest BCUT2D eigenvalue weighted by atomic mass is 10.2. The quantitative estimate of drug-likeness (QED) is 0.937. The number of benzene rings is 1. The van der Waals surface area contributed by atoms with Crippen molar-refractivity contribution in [1.29, 1.82) is 0 Å². The molecule has 0 atom stereocenters. The predicted octanol–water partition coefficient (Wildman–Crippen LogP) is 2.93. The van der Waals surface area contributed by atoms with Crippen LogP contribution in [0.5, 0.6) is 0 Å². The Kier molecular flexibility index (Phi) is 4.15. The molecule has 0 bridgehead atoms. The summed E-state index contributed by atoms with van der Waals surface area (Å²) in [6.07, 6.45) is 3.87. The minimum atomic E-state index is 0.0922. The number of carbonyl (C=O) groups excluding carboxylic acids is 1. The van der Waals surface area contributed by atoms with Crippen molar-refractivity contribution in [3.05, 3.63) is 59.8 Å². The smallest absolute Gasteiger partial charge is 0.255 e. The first kappa shape index (κ1) is 13.6. The second-order valence-electron chi connectivity index (χ2n) is 5.27. The Morgan fingerprint density at radius 1 is 1.10 bits per heavy atom. The minimum absolute atomic E-state index is 0.0922. The standard InChI is InChI=1S/C17H19N3O/c21-17(20-10-4-5-11-20)15-8-9-16(19-13-15)18-12-14-6-2-1-3-7-14/h1-3,6-9,13H,4-5,10-12H2,(H,18,19). The summed E-state index contributed by atoms with van der Waals surface area (Å²) in [5.74, 6) is 0.881. The zero-order valence-electron chi connectivity index (χ0n) is 12.0. The van der Waals surface area contributed by atoms with Crippen LogP contribution in [0.15, 0.2) is 48.7 Å². The molecule has 0 aliphatic carbocycles. The predicted molar refractivity (Wildman–Crippen MR) is 83.1 cm³/mol. The van der Waals surface area contributed by atoms with Gasteiger partial charge in [-0.05, 0) is 30.5 Å². The summed E-state index contributed by atoms with van der Waals surface area (Å²) in [6, 6.07) is 13.9. The number of carbonyl (C=O) groups is 1. The van der Waals surface area contributed by atoms with Crippen LogP contribution in [0.1, 0.15) is 28.8 Å². The number of aromatic nitrogens is 1. The molecule has 1 fully saturated rings. The van der Waals surface area contributed by atoms with Gasteiger partial charge in [0.15, 0.2) is 0 Å². The second-order valence-corrected chi connectivity index (χ2v) is 5.27. The number of hydrogen-bond acceptors (Lipinski definition) is 3. The van der Waals surface area contributed by atoms with Crippen molar-refractivity contribution in [1.82, 2.24) is 9.88 Å². The lowest BCUT2D eigenvalue weighted by molar-refractivity contribution is 0.0792. The first-order chi connectivity index (χ1) is 10.3. The Morgan fingerprint density at radius 3 is 2.52 bits per heavy atom. The molecule has 1 aliphatic heterocycles. The van der Waals surface area contributed by atoms with Crippen LogP contribution in [0.25, 0.3) is 0 Å². The first-order valence-electron chi connectivity index (χ1n) is 7.36. The molecule has 0 unspecified atom stereocenters. The highest BCUT2D eigenvalue weighted by atomic mass is 16.2. The van der Waals surface area contributed by atoms with Gasteiger partial charge in [-0.25, -0.2) is 4.98 Å². The van der Waals surface area contributed by atoms with Gasteiger partial charge in [0.2, 0.25) is 0 Å². The van der Waals surface area contributed by atoms with Crippen molar-refractivity contribution < 1.29 is 4.79 Å². The summed E-state index contributed by atoms with van der Waals surface area (Å²) >= 11 is 0. The lowest BCUT2D eigenvalue weighted by Gasteiger charge is -2.15. The number of nitrogens with one attached hydrogen (secondary N) is 1. The molecular weight excluding hydrogens is 262 g/mol. The van der Waals surface area contributed by atoms with E-state index >= 15 is 0 Å². The van der Waals surface area contributed by atoms with Crippen LogP contribution in [0.4, 0.5) is 5.82 Å². The molecule has 1 aromatic heterocycles. The summed E-state index contributed by atoms with van der Waals surface area (Å²) in [6.45, 7) is 2.47. The number of anilines is 1. The number of pyridine rings is 1. The Hall–Kier alpha value is -2.36. The largest absolute Gasteiger partial charge is 0.366 e. The molecule has 2 aromatic rings. The molecule has 1 N–H and O–H groups in total. The van der Waals surface area contributed by atoms with Gasteiger partial charge in [0.05, 0.1) is 5.56 Å². The molecule has 1 saturated heterocycles. The molecule has 1 amide bonds. The van der Waals surface area contributed by atoms with Crippen molar-refractivity contribution in [2.45, 2.75) is 19.4 Å². The number of rotatable bonds is 4. The summed E-state index contributed by atoms with van der Waals surface area (Å²) in [4.78, 5) is 18.4. The molecule has 4 nitrogen and oxygen atoms in total. The highest BCUT2D eigenvalue weighted by molar-refractivity contribution is 5.94. The highest BCUT2D eigenvalue weighted by Crippen LogP contribution is 2.14. The highest BCUT2D eigenvalue weighted by Gasteiger charge is 2.19. The van der Waals surface area contributed by atoms with Crippen molar-refractivity contribution in [3.8, 4) is 0 Å². The Bertz CT molecular complexity index is 589. The van der Waals surface area contributed by atoms with Crippen molar-refractivity contribution in [2.24, 2.45) is 0 Å². The molecule has 3 rings (SSSR count). The van der Waals surface area contributed by atoms with E-state index in [2.05, 4.69) is 22.4 Å². The number of hydrogen-bond donors (Lipinski definition) is 1. The summed E-state index contributed by atoms with van der Waals surface area (Å²) in [5.41, 5.74) is 1.87. The molecule has 0 spiro atoms. The van der Waals surface area contributed by atoms with E-state index in [1.54, 1.807) is 6.20 Å². The fraction of sp³-hybridized carbons (Fsp3) is 0.294. The van der Waals surface area contributed by atoms with Crippen LogP contribution in [-0.2, 0) is 6.54 Å². The molecule has 0 saturated carbocycles. The Labute approximate surface area is 124 Å². The fourth-order valence-corrected chi connectivity index (χ4v) is 2.52. The van der Waals surface area contributed by atoms with Gasteiger partial charge in [0.1, 0.15) is 5.82 Å². The van der Waals surface area contributed by atoms with Gasteiger partial charge in [0, 0.05) is 25.8 Å². The first-order valence-corrected chi connectivity index (χ1v) is 7.36. The van der Waals surface area contributed by atoms with E-state index in [-0.39, 0.29) is 5.91 Å². The maximum absolute atomic E-state index is 12.2. The van der Waals surface area contributed by atoms with Crippen LogP contribution in [0.3, 0.4) is 0 Å². The van der Waals surface area contributed by atoms with Gasteiger partial charge in [-0.3, -0.25) is 4.79 Å². The van der Waals surface area contributed by atoms with Crippen LogP contribution < -0.4 is 5.32 Å². The van der Waals surface area contributed by atoms with E-state index in [4.69, 9.17) is 0 Å². The van der Waals surface area contributed by atoms with Crippen molar-refractivity contribution in [2.75, 3.05) is 18.4 Å². The van der Waals surface area contributed by atoms with E-state index in [9.17, 15) is 4.79 Å². The van der Waals surface area contributed by atoms with E-state index in [0.29, 0.717) is 5.56 Å². The van der Waals surface area contributed by atoms with Gasteiger partial charge in [-0.15, -0.1) is 0 Å². The average Bonchev–Trinajstić information content (AvgIpc) is 3.08. The van der Waals surface area contributed by atoms with E-state index < -0.39 is 0 Å². The molecular formula is C17H19N3O. The minimum Gasteiger partial charge on any atom is -0.366 e. The third-order valence-corrected chi connectivity index (χ3v) is 3.72. The molecule has 4 heteroatoms. The summed E-state index contributed by atoms with van der Waals surface area (Å²) in [5, 5.41) is 3.26. The molecule has 108 valence electrons. The van der Waals surface area contributed by atoms with E-state index in [0.717, 1.165) is 38.3 Å². The van der Waals surface area contributed by atoms with Crippen LogP contribution >= 0.6 is 0 Å². The Morgan fingerprint density at radius 2 is 1.86 bits per heavy atom. The van der Waals surface area contributed by atoms with Crippen molar-refractivity contribution >= 4 is 11.7 Å². The van der Waals surface area contributed by atoms with E-state index in [1.807, 2.05) is 35.2 Å². The van der Waals surface area contributed by atoms with Gasteiger partial charge >= 0.3 is 0 Å². The zero-order valence-corrected chi connectivity index (χ0v) is 12.0. The van der Waals surface area contributed by atoms with Gasteiger partial charge in [-0.1, -0.05) is 30.3 Å². The van der Waals surface area contributed by atoms with E-state index in [1.165, 1.54) is 5.56 Å². The zero-order chi connectivity index (χ0) is 14.5. The third kappa shape index (κ3) is 3.40. The second kappa shape index (κ2) is 6.39. The SMILES string of the molecule is O=C(c1ccc(NCc2ccccc2)nc1)N1CCCC1. The lowest BCUT2D eigenvalue weighted by Crippen LogP contribution is -2.27. The molecule has 21 heavy (non-hydrogen) atoms. The molecule has 0 radical (unpaired) electrons. The van der Waals surface area contributed by atoms with Crippen molar-refractivity contribution in [3.63, 3.8) is 0 Å². The molecule has 1 aliphatic rings. The third-order valence-electron chi connectivity index (χ3n) is 3.72. The normalized spacial score (nSPS) is 14.2. The average molecular weight is 281 g/mol. The van der Waals surface area contributed by atoms with Gasteiger partial charge in [0.25, 0.3) is 5.91 Å². The van der Waals surface area contributed by atoms with Crippen LogP contribution in [0.2, 0.25) is 0 Å². The topological polar surface area (TPSA) is 45.2 Å². The monoisotopic (exact) mass is 281 g/mol. The summed E-state index contributed by atoms with van der Waals surface area (Å²) < 4.78 is 0. The summed E-state index contributed by atoms with van der Waals surface area (Å²) in [7, 11) is 0. The van der Waals surface area contributed by atoms with Gasteiger partial charge in [-0.2, -0.15) is 0 Å². The van der Waals surface area contributed by atoms with Crippen LogP contribution in [0, 0.1) is 0 Å². The number of amides is 1. The molecule has 2 heterocycles.